The lowest BCUT2D eigenvalue weighted by Crippen LogP contribution is -2.29. The zero-order valence-corrected chi connectivity index (χ0v) is 13.7. The van der Waals surface area contributed by atoms with Crippen LogP contribution in [0.3, 0.4) is 0 Å². The number of benzene rings is 2. The van der Waals surface area contributed by atoms with Crippen LogP contribution in [-0.2, 0) is 24.1 Å². The molecule has 0 fully saturated rings. The molecule has 1 aliphatic rings. The van der Waals surface area contributed by atoms with Gasteiger partial charge in [0.15, 0.2) is 0 Å². The molecule has 0 saturated heterocycles. The Morgan fingerprint density at radius 1 is 1.08 bits per heavy atom. The quantitative estimate of drug-likeness (QED) is 0.826. The molecule has 2 aromatic rings. The fourth-order valence-electron chi connectivity index (χ4n) is 3.05. The van der Waals surface area contributed by atoms with Gasteiger partial charge in [-0.05, 0) is 66.6 Å². The Balaban J connectivity index is 1.41. The minimum atomic E-state index is -0.323. The molecule has 0 unspecified atom stereocenters. The lowest BCUT2D eigenvalue weighted by atomic mass is 9.92. The summed E-state index contributed by atoms with van der Waals surface area (Å²) >= 11 is 0. The highest BCUT2D eigenvalue weighted by Crippen LogP contribution is 2.25. The van der Waals surface area contributed by atoms with Crippen LogP contribution in [0, 0.1) is 5.82 Å². The summed E-state index contributed by atoms with van der Waals surface area (Å²) in [5.74, 6) is 0.403. The first-order valence-electron chi connectivity index (χ1n) is 8.46. The molecule has 4 heteroatoms. The number of ether oxygens (including phenoxy) is 1. The van der Waals surface area contributed by atoms with Gasteiger partial charge in [0.05, 0.1) is 13.0 Å². The van der Waals surface area contributed by atoms with Crippen molar-refractivity contribution in [3.63, 3.8) is 0 Å². The highest BCUT2D eigenvalue weighted by atomic mass is 19.1. The first-order chi connectivity index (χ1) is 11.7. The van der Waals surface area contributed by atoms with E-state index in [0.717, 1.165) is 18.6 Å². The Labute approximate surface area is 141 Å². The molecule has 24 heavy (non-hydrogen) atoms. The summed E-state index contributed by atoms with van der Waals surface area (Å²) in [5, 5.41) is 2.80. The molecular weight excluding hydrogens is 305 g/mol. The smallest absolute Gasteiger partial charge is 0.224 e. The summed E-state index contributed by atoms with van der Waals surface area (Å²) < 4.78 is 18.8. The lowest BCUT2D eigenvalue weighted by molar-refractivity contribution is -0.120. The number of rotatable bonds is 6. The molecule has 1 aliphatic carbocycles. The maximum Gasteiger partial charge on any atom is 0.224 e. The van der Waals surface area contributed by atoms with Crippen LogP contribution in [-0.4, -0.2) is 19.1 Å². The van der Waals surface area contributed by atoms with E-state index in [2.05, 4.69) is 17.4 Å². The van der Waals surface area contributed by atoms with Crippen molar-refractivity contribution in [3.05, 3.63) is 65.0 Å². The van der Waals surface area contributed by atoms with E-state index in [4.69, 9.17) is 4.74 Å². The molecule has 3 nitrogen and oxygen atoms in total. The first-order valence-corrected chi connectivity index (χ1v) is 8.46. The van der Waals surface area contributed by atoms with E-state index in [1.807, 2.05) is 6.07 Å². The third kappa shape index (κ3) is 4.57. The number of halogens is 1. The highest BCUT2D eigenvalue weighted by Gasteiger charge is 2.10. The molecule has 0 atom stereocenters. The van der Waals surface area contributed by atoms with E-state index in [1.54, 1.807) is 12.1 Å². The molecule has 0 bridgehead atoms. The molecule has 0 aliphatic heterocycles. The number of hydrogen-bond donors (Lipinski definition) is 1. The van der Waals surface area contributed by atoms with Gasteiger partial charge >= 0.3 is 0 Å². The van der Waals surface area contributed by atoms with Crippen molar-refractivity contribution in [2.45, 2.75) is 32.1 Å². The van der Waals surface area contributed by atoms with E-state index in [9.17, 15) is 9.18 Å². The van der Waals surface area contributed by atoms with E-state index in [1.165, 1.54) is 36.1 Å². The molecule has 0 saturated carbocycles. The minimum Gasteiger partial charge on any atom is -0.492 e. The number of aryl methyl sites for hydroxylation is 2. The molecule has 1 N–H and O–H groups in total. The lowest BCUT2D eigenvalue weighted by Gasteiger charge is -2.17. The van der Waals surface area contributed by atoms with Gasteiger partial charge in [-0.25, -0.2) is 4.39 Å². The fraction of sp³-hybridized carbons (Fsp3) is 0.350. The Morgan fingerprint density at radius 2 is 1.92 bits per heavy atom. The normalized spacial score (nSPS) is 13.2. The zero-order valence-electron chi connectivity index (χ0n) is 13.7. The van der Waals surface area contributed by atoms with Gasteiger partial charge in [-0.1, -0.05) is 18.2 Å². The van der Waals surface area contributed by atoms with Gasteiger partial charge in [0.2, 0.25) is 5.91 Å². The Hall–Kier alpha value is -2.36. The van der Waals surface area contributed by atoms with Gasteiger partial charge in [-0.3, -0.25) is 4.79 Å². The van der Waals surface area contributed by atoms with Crippen molar-refractivity contribution < 1.29 is 13.9 Å². The average molecular weight is 327 g/mol. The van der Waals surface area contributed by atoms with Crippen LogP contribution < -0.4 is 10.1 Å². The predicted octanol–water partition coefficient (Wildman–Crippen LogP) is 3.44. The Kier molecular flexibility index (Phi) is 5.47. The SMILES string of the molecule is O=C(Cc1cccc(F)c1)NCCOc1ccc2c(c1)CCCC2. The summed E-state index contributed by atoms with van der Waals surface area (Å²) in [6.07, 6.45) is 4.97. The van der Waals surface area contributed by atoms with Crippen molar-refractivity contribution in [2.24, 2.45) is 0 Å². The number of carbonyl (C=O) groups excluding carboxylic acids is 1. The Bertz CT molecular complexity index is 715. The van der Waals surface area contributed by atoms with E-state index in [0.29, 0.717) is 18.7 Å². The molecule has 1 amide bonds. The van der Waals surface area contributed by atoms with Crippen LogP contribution in [0.15, 0.2) is 42.5 Å². The third-order valence-corrected chi connectivity index (χ3v) is 4.27. The second kappa shape index (κ2) is 7.95. The van der Waals surface area contributed by atoms with E-state index in [-0.39, 0.29) is 18.1 Å². The zero-order chi connectivity index (χ0) is 16.8. The second-order valence-electron chi connectivity index (χ2n) is 6.14. The van der Waals surface area contributed by atoms with E-state index < -0.39 is 0 Å². The molecular formula is C20H22FNO2. The van der Waals surface area contributed by atoms with Crippen molar-refractivity contribution in [1.82, 2.24) is 5.32 Å². The van der Waals surface area contributed by atoms with Crippen molar-refractivity contribution >= 4 is 5.91 Å². The molecule has 3 rings (SSSR count). The second-order valence-corrected chi connectivity index (χ2v) is 6.14. The van der Waals surface area contributed by atoms with Gasteiger partial charge in [-0.15, -0.1) is 0 Å². The van der Waals surface area contributed by atoms with Crippen LogP contribution >= 0.6 is 0 Å². The molecule has 0 spiro atoms. The van der Waals surface area contributed by atoms with Crippen LogP contribution in [0.5, 0.6) is 5.75 Å². The number of fused-ring (bicyclic) bond motifs is 1. The number of amides is 1. The molecule has 0 radical (unpaired) electrons. The number of carbonyl (C=O) groups is 1. The first kappa shape index (κ1) is 16.5. The molecule has 0 heterocycles. The van der Waals surface area contributed by atoms with E-state index >= 15 is 0 Å². The van der Waals surface area contributed by atoms with Crippen LogP contribution in [0.4, 0.5) is 4.39 Å². The number of hydrogen-bond acceptors (Lipinski definition) is 2. The summed E-state index contributed by atoms with van der Waals surface area (Å²) in [6, 6.07) is 12.4. The van der Waals surface area contributed by atoms with Crippen molar-refractivity contribution in [1.29, 1.82) is 0 Å². The maximum atomic E-state index is 13.1. The topological polar surface area (TPSA) is 38.3 Å². The molecule has 126 valence electrons. The fourth-order valence-corrected chi connectivity index (χ4v) is 3.05. The van der Waals surface area contributed by atoms with Crippen LogP contribution in [0.1, 0.15) is 29.5 Å². The predicted molar refractivity (Wildman–Crippen MR) is 91.7 cm³/mol. The van der Waals surface area contributed by atoms with Crippen molar-refractivity contribution in [3.8, 4) is 5.75 Å². The highest BCUT2D eigenvalue weighted by molar-refractivity contribution is 5.78. The van der Waals surface area contributed by atoms with Crippen LogP contribution in [0.25, 0.3) is 0 Å². The molecule has 0 aromatic heterocycles. The van der Waals surface area contributed by atoms with Gasteiger partial charge in [-0.2, -0.15) is 0 Å². The average Bonchev–Trinajstić information content (AvgIpc) is 2.58. The summed E-state index contributed by atoms with van der Waals surface area (Å²) in [4.78, 5) is 11.8. The van der Waals surface area contributed by atoms with Gasteiger partial charge in [0.1, 0.15) is 18.2 Å². The summed E-state index contributed by atoms with van der Waals surface area (Å²) in [5.41, 5.74) is 3.48. The largest absolute Gasteiger partial charge is 0.492 e. The van der Waals surface area contributed by atoms with Gasteiger partial charge in [0.25, 0.3) is 0 Å². The summed E-state index contributed by atoms with van der Waals surface area (Å²) in [6.45, 7) is 0.860. The minimum absolute atomic E-state index is 0.130. The number of nitrogens with one attached hydrogen (secondary N) is 1. The third-order valence-electron chi connectivity index (χ3n) is 4.27. The molecule has 2 aromatic carbocycles. The van der Waals surface area contributed by atoms with Crippen molar-refractivity contribution in [2.75, 3.05) is 13.2 Å². The Morgan fingerprint density at radius 3 is 2.75 bits per heavy atom. The van der Waals surface area contributed by atoms with Gasteiger partial charge in [0, 0.05) is 0 Å². The maximum absolute atomic E-state index is 13.1. The van der Waals surface area contributed by atoms with Crippen LogP contribution in [0.2, 0.25) is 0 Å². The van der Waals surface area contributed by atoms with Gasteiger partial charge < -0.3 is 10.1 Å². The monoisotopic (exact) mass is 327 g/mol. The summed E-state index contributed by atoms with van der Waals surface area (Å²) in [7, 11) is 0. The standard InChI is InChI=1S/C20H22FNO2/c21-18-7-3-4-15(12-18)13-20(23)22-10-11-24-19-9-8-16-5-1-2-6-17(16)14-19/h3-4,7-9,12,14H,1-2,5-6,10-11,13H2,(H,22,23).